The number of fused-ring (bicyclic) bond motifs is 1. The molecule has 1 aliphatic heterocycles. The van der Waals surface area contributed by atoms with Crippen molar-refractivity contribution in [1.82, 2.24) is 14.8 Å². The first kappa shape index (κ1) is 24.5. The molecule has 2 aromatic carbocycles. The van der Waals surface area contributed by atoms with Gasteiger partial charge in [0, 0.05) is 44.5 Å². The van der Waals surface area contributed by atoms with Gasteiger partial charge in [0.15, 0.2) is 0 Å². The lowest BCUT2D eigenvalue weighted by Crippen LogP contribution is -2.36. The molecule has 1 aromatic heterocycles. The third kappa shape index (κ3) is 6.69. The van der Waals surface area contributed by atoms with Gasteiger partial charge in [-0.15, -0.1) is 0 Å². The Kier molecular flexibility index (Phi) is 9.13. The Hall–Kier alpha value is -2.67. The van der Waals surface area contributed by atoms with Crippen LogP contribution in [0.5, 0.6) is 11.5 Å². The highest BCUT2D eigenvalue weighted by Crippen LogP contribution is 2.25. The molecule has 0 spiro atoms. The third-order valence-corrected chi connectivity index (χ3v) is 6.37. The summed E-state index contributed by atoms with van der Waals surface area (Å²) in [5.74, 6) is 1.53. The van der Waals surface area contributed by atoms with E-state index in [0.717, 1.165) is 73.8 Å². The van der Waals surface area contributed by atoms with Crippen molar-refractivity contribution >= 4 is 10.9 Å². The van der Waals surface area contributed by atoms with Gasteiger partial charge in [-0.1, -0.05) is 24.6 Å². The molecule has 0 unspecified atom stereocenters. The maximum atomic E-state index is 13.5. The van der Waals surface area contributed by atoms with Crippen molar-refractivity contribution in [3.05, 3.63) is 70.5 Å². The average molecular weight is 464 g/mol. The zero-order valence-corrected chi connectivity index (χ0v) is 20.3. The summed E-state index contributed by atoms with van der Waals surface area (Å²) in [6, 6.07) is 17.8. The first-order chi connectivity index (χ1) is 16.7. The number of rotatable bonds is 12. The number of pyridine rings is 1. The average Bonchev–Trinajstić information content (AvgIpc) is 2.87. The lowest BCUT2D eigenvalue weighted by Gasteiger charge is -2.27. The topological polar surface area (TPSA) is 55.7 Å². The molecule has 4 rings (SSSR count). The fourth-order valence-electron chi connectivity index (χ4n) is 4.54. The molecule has 1 fully saturated rings. The van der Waals surface area contributed by atoms with E-state index in [1.807, 2.05) is 60.0 Å². The first-order valence-electron chi connectivity index (χ1n) is 12.6. The van der Waals surface area contributed by atoms with Crippen LogP contribution in [0.4, 0.5) is 0 Å². The number of nitrogens with one attached hydrogen (secondary N) is 1. The summed E-state index contributed by atoms with van der Waals surface area (Å²) < 4.78 is 13.4. The Morgan fingerprint density at radius 3 is 2.56 bits per heavy atom. The van der Waals surface area contributed by atoms with Gasteiger partial charge >= 0.3 is 0 Å². The molecule has 1 N–H and O–H groups in total. The molecule has 1 aliphatic rings. The van der Waals surface area contributed by atoms with Crippen molar-refractivity contribution in [3.63, 3.8) is 0 Å². The van der Waals surface area contributed by atoms with Crippen LogP contribution in [0.1, 0.15) is 38.2 Å². The standard InChI is InChI=1S/C28H37N3O3/c1-2-33-19-9-14-29-22-24-20-23-12-13-26(34-25-10-5-3-6-11-25)21-27(23)31(28(24)32)18-17-30-15-7-4-8-16-30/h3,5-6,10-13,20-21,29H,2,4,7-9,14-19,22H2,1H3. The van der Waals surface area contributed by atoms with Crippen molar-refractivity contribution in [3.8, 4) is 11.5 Å². The highest BCUT2D eigenvalue weighted by molar-refractivity contribution is 5.81. The summed E-state index contributed by atoms with van der Waals surface area (Å²) in [4.78, 5) is 16.0. The quantitative estimate of drug-likeness (QED) is 0.391. The van der Waals surface area contributed by atoms with E-state index in [0.29, 0.717) is 13.1 Å². The van der Waals surface area contributed by atoms with E-state index >= 15 is 0 Å². The second kappa shape index (κ2) is 12.7. The maximum Gasteiger partial charge on any atom is 0.255 e. The van der Waals surface area contributed by atoms with E-state index < -0.39 is 0 Å². The van der Waals surface area contributed by atoms with Crippen LogP contribution in [0.25, 0.3) is 10.9 Å². The van der Waals surface area contributed by atoms with Gasteiger partial charge < -0.3 is 24.3 Å². The summed E-state index contributed by atoms with van der Waals surface area (Å²) in [6.07, 6.45) is 4.74. The summed E-state index contributed by atoms with van der Waals surface area (Å²) in [7, 11) is 0. The van der Waals surface area contributed by atoms with Gasteiger partial charge in [-0.05, 0) is 81.5 Å². The van der Waals surface area contributed by atoms with Crippen molar-refractivity contribution in [2.24, 2.45) is 0 Å². The van der Waals surface area contributed by atoms with Gasteiger partial charge in [0.1, 0.15) is 11.5 Å². The summed E-state index contributed by atoms with van der Waals surface area (Å²) in [6.45, 7) is 8.69. The maximum absolute atomic E-state index is 13.5. The van der Waals surface area contributed by atoms with Crippen LogP contribution in [0.3, 0.4) is 0 Å². The molecule has 6 nitrogen and oxygen atoms in total. The predicted molar refractivity (Wildman–Crippen MR) is 138 cm³/mol. The summed E-state index contributed by atoms with van der Waals surface area (Å²) in [5, 5.41) is 4.47. The minimum absolute atomic E-state index is 0.0821. The molecule has 1 saturated heterocycles. The second-order valence-electron chi connectivity index (χ2n) is 8.89. The van der Waals surface area contributed by atoms with E-state index in [9.17, 15) is 4.79 Å². The molecular formula is C28H37N3O3. The number of hydrogen-bond donors (Lipinski definition) is 1. The van der Waals surface area contributed by atoms with Crippen molar-refractivity contribution in [2.75, 3.05) is 39.4 Å². The highest BCUT2D eigenvalue weighted by atomic mass is 16.5. The van der Waals surface area contributed by atoms with Gasteiger partial charge in [-0.3, -0.25) is 4.79 Å². The Bertz CT molecular complexity index is 1090. The lowest BCUT2D eigenvalue weighted by molar-refractivity contribution is 0.144. The molecule has 0 aliphatic carbocycles. The summed E-state index contributed by atoms with van der Waals surface area (Å²) >= 11 is 0. The number of nitrogens with zero attached hydrogens (tertiary/aromatic N) is 2. The fourth-order valence-corrected chi connectivity index (χ4v) is 4.54. The van der Waals surface area contributed by atoms with Crippen LogP contribution in [0.15, 0.2) is 59.4 Å². The van der Waals surface area contributed by atoms with Gasteiger partial charge in [0.05, 0.1) is 5.52 Å². The molecule has 6 heteroatoms. The number of likely N-dealkylation sites (tertiary alicyclic amines) is 1. The lowest BCUT2D eigenvalue weighted by atomic mass is 10.1. The molecule has 3 aromatic rings. The van der Waals surface area contributed by atoms with Crippen molar-refractivity contribution in [1.29, 1.82) is 0 Å². The minimum Gasteiger partial charge on any atom is -0.457 e. The van der Waals surface area contributed by atoms with E-state index in [1.165, 1.54) is 19.3 Å². The molecule has 0 amide bonds. The molecule has 0 radical (unpaired) electrons. The van der Waals surface area contributed by atoms with Crippen LogP contribution in [-0.2, 0) is 17.8 Å². The van der Waals surface area contributed by atoms with E-state index in [2.05, 4.69) is 16.3 Å². The van der Waals surface area contributed by atoms with Crippen molar-refractivity contribution in [2.45, 2.75) is 45.7 Å². The Labute approximate surface area is 202 Å². The van der Waals surface area contributed by atoms with Crippen molar-refractivity contribution < 1.29 is 9.47 Å². The highest BCUT2D eigenvalue weighted by Gasteiger charge is 2.14. The summed E-state index contributed by atoms with van der Waals surface area (Å²) in [5.41, 5.74) is 1.81. The smallest absolute Gasteiger partial charge is 0.255 e. The second-order valence-corrected chi connectivity index (χ2v) is 8.89. The third-order valence-electron chi connectivity index (χ3n) is 6.37. The molecule has 0 saturated carbocycles. The monoisotopic (exact) mass is 463 g/mol. The van der Waals surface area contributed by atoms with Crippen LogP contribution in [0.2, 0.25) is 0 Å². The molecule has 0 bridgehead atoms. The first-order valence-corrected chi connectivity index (χ1v) is 12.6. The van der Waals surface area contributed by atoms with Crippen LogP contribution in [-0.4, -0.2) is 48.9 Å². The SMILES string of the molecule is CCOCCCNCc1cc2ccc(Oc3ccccc3)cc2n(CCN2CCCCC2)c1=O. The Morgan fingerprint density at radius 2 is 1.76 bits per heavy atom. The number of benzene rings is 2. The van der Waals surface area contributed by atoms with E-state index in [1.54, 1.807) is 0 Å². The number of hydrogen-bond acceptors (Lipinski definition) is 5. The fraction of sp³-hybridized carbons (Fsp3) is 0.464. The van der Waals surface area contributed by atoms with Gasteiger partial charge in [-0.2, -0.15) is 0 Å². The normalized spacial score (nSPS) is 14.5. The minimum atomic E-state index is 0.0821. The zero-order chi connectivity index (χ0) is 23.6. The van der Waals surface area contributed by atoms with E-state index in [-0.39, 0.29) is 5.56 Å². The van der Waals surface area contributed by atoms with Gasteiger partial charge in [0.2, 0.25) is 0 Å². The number of ether oxygens (including phenoxy) is 2. The predicted octanol–water partition coefficient (Wildman–Crippen LogP) is 4.80. The molecule has 2 heterocycles. The van der Waals surface area contributed by atoms with Gasteiger partial charge in [-0.25, -0.2) is 0 Å². The van der Waals surface area contributed by atoms with E-state index in [4.69, 9.17) is 9.47 Å². The Morgan fingerprint density at radius 1 is 0.941 bits per heavy atom. The number of para-hydroxylation sites is 1. The number of piperidine rings is 1. The largest absolute Gasteiger partial charge is 0.457 e. The Balaban J connectivity index is 1.57. The van der Waals surface area contributed by atoms with Gasteiger partial charge in [0.25, 0.3) is 5.56 Å². The molecule has 0 atom stereocenters. The van der Waals surface area contributed by atoms with Crippen LogP contribution < -0.4 is 15.6 Å². The van der Waals surface area contributed by atoms with Crippen LogP contribution >= 0.6 is 0 Å². The molecular weight excluding hydrogens is 426 g/mol. The van der Waals surface area contributed by atoms with Crippen LogP contribution in [0, 0.1) is 0 Å². The molecule has 34 heavy (non-hydrogen) atoms. The zero-order valence-electron chi connectivity index (χ0n) is 20.3. The number of aromatic nitrogens is 1. The molecule has 182 valence electrons.